The summed E-state index contributed by atoms with van der Waals surface area (Å²) >= 11 is 0. The van der Waals surface area contributed by atoms with Crippen LogP contribution in [-0.4, -0.2) is 18.5 Å². The molecule has 0 saturated carbocycles. The fourth-order valence-electron chi connectivity index (χ4n) is 1.72. The summed E-state index contributed by atoms with van der Waals surface area (Å²) in [6, 6.07) is 7.20. The zero-order valence-corrected chi connectivity index (χ0v) is 11.2. The van der Waals surface area contributed by atoms with Crippen LogP contribution in [0.15, 0.2) is 24.3 Å². The maximum Gasteiger partial charge on any atom is 0.312 e. The van der Waals surface area contributed by atoms with Crippen LogP contribution in [0.3, 0.4) is 0 Å². The lowest BCUT2D eigenvalue weighted by Gasteiger charge is -2.07. The highest BCUT2D eigenvalue weighted by Crippen LogP contribution is 2.13. The summed E-state index contributed by atoms with van der Waals surface area (Å²) in [5.74, 6) is 0.0251. The summed E-state index contributed by atoms with van der Waals surface area (Å²) in [4.78, 5) is 22.1. The molecule has 1 aromatic carbocycles. The van der Waals surface area contributed by atoms with Crippen molar-refractivity contribution >= 4 is 17.6 Å². The van der Waals surface area contributed by atoms with E-state index < -0.39 is 6.03 Å². The molecule has 0 aromatic heterocycles. The van der Waals surface area contributed by atoms with Gasteiger partial charge in [-0.05, 0) is 31.4 Å². The Morgan fingerprint density at radius 2 is 1.89 bits per heavy atom. The van der Waals surface area contributed by atoms with Crippen LogP contribution in [0.25, 0.3) is 0 Å². The number of hydrogen-bond donors (Lipinski definition) is 3. The van der Waals surface area contributed by atoms with E-state index in [1.54, 1.807) is 0 Å². The van der Waals surface area contributed by atoms with Crippen molar-refractivity contribution in [1.29, 1.82) is 0 Å². The van der Waals surface area contributed by atoms with Gasteiger partial charge in [0.1, 0.15) is 0 Å². The van der Waals surface area contributed by atoms with Crippen molar-refractivity contribution in [2.45, 2.75) is 32.6 Å². The van der Waals surface area contributed by atoms with Gasteiger partial charge in [-0.25, -0.2) is 4.79 Å². The van der Waals surface area contributed by atoms with Crippen LogP contribution in [-0.2, 0) is 4.79 Å². The Morgan fingerprint density at radius 1 is 1.16 bits per heavy atom. The molecule has 0 unspecified atom stereocenters. The summed E-state index contributed by atoms with van der Waals surface area (Å²) in [6.45, 7) is 2.53. The van der Waals surface area contributed by atoms with E-state index in [4.69, 9.17) is 5.73 Å². The Labute approximate surface area is 113 Å². The second kappa shape index (κ2) is 8.13. The third-order valence-corrected chi connectivity index (χ3v) is 2.80. The van der Waals surface area contributed by atoms with Crippen LogP contribution < -0.4 is 16.4 Å². The number of amides is 3. The smallest absolute Gasteiger partial charge is 0.312 e. The number of nitrogens with two attached hydrogens (primary N) is 1. The average Bonchev–Trinajstić information content (AvgIpc) is 2.36. The van der Waals surface area contributed by atoms with Gasteiger partial charge in [0.2, 0.25) is 5.91 Å². The highest BCUT2D eigenvalue weighted by molar-refractivity contribution is 5.91. The van der Waals surface area contributed by atoms with E-state index in [-0.39, 0.29) is 5.91 Å². The number of carbonyl (C=O) groups is 2. The highest BCUT2D eigenvalue weighted by Gasteiger charge is 2.03. The first-order chi connectivity index (χ1) is 9.09. The van der Waals surface area contributed by atoms with Gasteiger partial charge >= 0.3 is 6.03 Å². The molecule has 1 aromatic rings. The fraction of sp³-hybridized carbons (Fsp3) is 0.429. The number of primary amides is 1. The van der Waals surface area contributed by atoms with Crippen molar-refractivity contribution < 1.29 is 9.59 Å². The van der Waals surface area contributed by atoms with Gasteiger partial charge in [0.15, 0.2) is 0 Å². The molecule has 0 heterocycles. The second-order valence-electron chi connectivity index (χ2n) is 4.46. The highest BCUT2D eigenvalue weighted by atomic mass is 16.2. The molecule has 0 aliphatic rings. The topological polar surface area (TPSA) is 84.2 Å². The number of para-hydroxylation sites is 1. The SMILES string of the molecule is Cc1ccccc1NC(=O)CCCCCNC(N)=O. The molecule has 0 bridgehead atoms. The molecular formula is C14H21N3O2. The van der Waals surface area contributed by atoms with Crippen molar-refractivity contribution in [2.75, 3.05) is 11.9 Å². The first-order valence-corrected chi connectivity index (χ1v) is 6.48. The summed E-state index contributed by atoms with van der Waals surface area (Å²) in [5.41, 5.74) is 6.86. The third-order valence-electron chi connectivity index (χ3n) is 2.80. The van der Waals surface area contributed by atoms with Gasteiger partial charge in [0.05, 0.1) is 0 Å². The zero-order chi connectivity index (χ0) is 14.1. The number of aryl methyl sites for hydroxylation is 1. The number of urea groups is 1. The van der Waals surface area contributed by atoms with E-state index in [0.29, 0.717) is 13.0 Å². The van der Waals surface area contributed by atoms with Gasteiger partial charge in [-0.1, -0.05) is 24.6 Å². The number of nitrogens with one attached hydrogen (secondary N) is 2. The van der Waals surface area contributed by atoms with Crippen LogP contribution in [0, 0.1) is 6.92 Å². The van der Waals surface area contributed by atoms with Crippen molar-refractivity contribution in [3.05, 3.63) is 29.8 Å². The molecule has 5 nitrogen and oxygen atoms in total. The molecule has 5 heteroatoms. The Kier molecular flexibility index (Phi) is 6.43. The first kappa shape index (κ1) is 15.0. The molecule has 3 amide bonds. The van der Waals surface area contributed by atoms with Gasteiger partial charge in [-0.3, -0.25) is 4.79 Å². The lowest BCUT2D eigenvalue weighted by molar-refractivity contribution is -0.116. The molecule has 0 radical (unpaired) electrons. The van der Waals surface area contributed by atoms with Crippen LogP contribution in [0.1, 0.15) is 31.2 Å². The number of rotatable bonds is 7. The molecule has 0 spiro atoms. The van der Waals surface area contributed by atoms with Crippen LogP contribution in [0.2, 0.25) is 0 Å². The first-order valence-electron chi connectivity index (χ1n) is 6.48. The number of anilines is 1. The number of hydrogen-bond acceptors (Lipinski definition) is 2. The predicted octanol–water partition coefficient (Wildman–Crippen LogP) is 2.16. The Bertz CT molecular complexity index is 432. The van der Waals surface area contributed by atoms with Crippen molar-refractivity contribution in [1.82, 2.24) is 5.32 Å². The van der Waals surface area contributed by atoms with Crippen molar-refractivity contribution in [2.24, 2.45) is 5.73 Å². The molecule has 0 aliphatic carbocycles. The summed E-state index contributed by atoms with van der Waals surface area (Å²) in [7, 11) is 0. The van der Waals surface area contributed by atoms with Gasteiger partial charge < -0.3 is 16.4 Å². The maximum absolute atomic E-state index is 11.7. The van der Waals surface area contributed by atoms with Crippen LogP contribution in [0.4, 0.5) is 10.5 Å². The maximum atomic E-state index is 11.7. The second-order valence-corrected chi connectivity index (χ2v) is 4.46. The van der Waals surface area contributed by atoms with E-state index in [2.05, 4.69) is 10.6 Å². The normalized spacial score (nSPS) is 9.95. The van der Waals surface area contributed by atoms with Gasteiger partial charge in [0.25, 0.3) is 0 Å². The lowest BCUT2D eigenvalue weighted by atomic mass is 10.1. The number of unbranched alkanes of at least 4 members (excludes halogenated alkanes) is 2. The summed E-state index contributed by atoms with van der Waals surface area (Å²) in [5, 5.41) is 5.41. The average molecular weight is 263 g/mol. The zero-order valence-electron chi connectivity index (χ0n) is 11.2. The van der Waals surface area contributed by atoms with E-state index in [0.717, 1.165) is 30.5 Å². The van der Waals surface area contributed by atoms with Crippen molar-refractivity contribution in [3.63, 3.8) is 0 Å². The largest absolute Gasteiger partial charge is 0.352 e. The number of benzene rings is 1. The monoisotopic (exact) mass is 263 g/mol. The minimum Gasteiger partial charge on any atom is -0.352 e. The molecule has 0 aliphatic heterocycles. The number of carbonyl (C=O) groups excluding carboxylic acids is 2. The molecule has 4 N–H and O–H groups in total. The molecule has 19 heavy (non-hydrogen) atoms. The standard InChI is InChI=1S/C14H21N3O2/c1-11-7-4-5-8-12(11)17-13(18)9-3-2-6-10-16-14(15)19/h4-5,7-8H,2-3,6,9-10H2,1H3,(H,17,18)(H3,15,16,19). The minimum absolute atomic E-state index is 0.0251. The van der Waals surface area contributed by atoms with Crippen LogP contribution >= 0.6 is 0 Å². The third kappa shape index (κ3) is 6.45. The molecule has 104 valence electrons. The summed E-state index contributed by atoms with van der Waals surface area (Å²) in [6.07, 6.45) is 3.02. The van der Waals surface area contributed by atoms with E-state index in [1.807, 2.05) is 31.2 Å². The Balaban J connectivity index is 2.15. The van der Waals surface area contributed by atoms with Gasteiger partial charge in [0, 0.05) is 18.7 Å². The molecule has 1 rings (SSSR count). The molecule has 0 saturated heterocycles. The molecule has 0 fully saturated rings. The van der Waals surface area contributed by atoms with Crippen molar-refractivity contribution in [3.8, 4) is 0 Å². The van der Waals surface area contributed by atoms with E-state index >= 15 is 0 Å². The van der Waals surface area contributed by atoms with Gasteiger partial charge in [-0.15, -0.1) is 0 Å². The quantitative estimate of drug-likeness (QED) is 0.659. The lowest BCUT2D eigenvalue weighted by Crippen LogP contribution is -2.29. The van der Waals surface area contributed by atoms with E-state index in [9.17, 15) is 9.59 Å². The fourth-order valence-corrected chi connectivity index (χ4v) is 1.72. The minimum atomic E-state index is -0.503. The molecular weight excluding hydrogens is 242 g/mol. The van der Waals surface area contributed by atoms with Crippen LogP contribution in [0.5, 0.6) is 0 Å². The van der Waals surface area contributed by atoms with Gasteiger partial charge in [-0.2, -0.15) is 0 Å². The Morgan fingerprint density at radius 3 is 2.58 bits per heavy atom. The molecule has 0 atom stereocenters. The summed E-state index contributed by atoms with van der Waals surface area (Å²) < 4.78 is 0. The predicted molar refractivity (Wildman–Crippen MR) is 75.9 cm³/mol. The Hall–Kier alpha value is -2.04. The van der Waals surface area contributed by atoms with E-state index in [1.165, 1.54) is 0 Å².